The van der Waals surface area contributed by atoms with Crippen molar-refractivity contribution in [3.63, 3.8) is 0 Å². The third-order valence-corrected chi connectivity index (χ3v) is 3.53. The maximum atomic E-state index is 12.3. The van der Waals surface area contributed by atoms with Crippen molar-refractivity contribution >= 4 is 11.8 Å². The predicted octanol–water partition coefficient (Wildman–Crippen LogP) is 2.52. The van der Waals surface area contributed by atoms with E-state index >= 15 is 0 Å². The summed E-state index contributed by atoms with van der Waals surface area (Å²) in [6.07, 6.45) is 0. The molecular weight excluding hydrogens is 280 g/mol. The second-order valence-corrected chi connectivity index (χ2v) is 6.19. The number of benzene rings is 1. The predicted molar refractivity (Wildman–Crippen MR) is 86.7 cm³/mol. The van der Waals surface area contributed by atoms with Crippen LogP contribution in [0.3, 0.4) is 0 Å². The molecule has 5 heteroatoms. The summed E-state index contributed by atoms with van der Waals surface area (Å²) in [7, 11) is 1.60. The van der Waals surface area contributed by atoms with Gasteiger partial charge in [-0.15, -0.1) is 0 Å². The topological polar surface area (TPSA) is 58.6 Å². The molecule has 0 aliphatic rings. The second kappa shape index (κ2) is 7.29. The van der Waals surface area contributed by atoms with Gasteiger partial charge in [0, 0.05) is 12.1 Å². The molecule has 0 saturated carbocycles. The summed E-state index contributed by atoms with van der Waals surface area (Å²) >= 11 is 0. The Morgan fingerprint density at radius 3 is 2.18 bits per heavy atom. The highest BCUT2D eigenvalue weighted by Gasteiger charge is 2.30. The number of hydrogen-bond donors (Lipinski definition) is 1. The zero-order valence-electron chi connectivity index (χ0n) is 14.3. The third kappa shape index (κ3) is 4.48. The number of methoxy groups -OCH3 is 1. The van der Waals surface area contributed by atoms with E-state index in [1.165, 1.54) is 0 Å². The lowest BCUT2D eigenvalue weighted by atomic mass is 10.1. The molecule has 22 heavy (non-hydrogen) atoms. The van der Waals surface area contributed by atoms with Crippen molar-refractivity contribution in [3.8, 4) is 5.75 Å². The van der Waals surface area contributed by atoms with Gasteiger partial charge < -0.3 is 15.0 Å². The summed E-state index contributed by atoms with van der Waals surface area (Å²) in [5.41, 5.74) is 0.535. The SMILES string of the molecule is CCN(C(=O)C(=O)NC(C)c1ccc(OC)cc1)C(C)(C)C. The first-order valence-electron chi connectivity index (χ1n) is 7.47. The van der Waals surface area contributed by atoms with Gasteiger partial charge in [-0.25, -0.2) is 0 Å². The van der Waals surface area contributed by atoms with E-state index in [1.54, 1.807) is 12.0 Å². The van der Waals surface area contributed by atoms with Crippen LogP contribution in [0.25, 0.3) is 0 Å². The van der Waals surface area contributed by atoms with Crippen molar-refractivity contribution in [1.29, 1.82) is 0 Å². The number of rotatable bonds is 4. The van der Waals surface area contributed by atoms with E-state index in [0.717, 1.165) is 11.3 Å². The highest BCUT2D eigenvalue weighted by Crippen LogP contribution is 2.18. The molecule has 1 aromatic rings. The van der Waals surface area contributed by atoms with E-state index in [9.17, 15) is 9.59 Å². The third-order valence-electron chi connectivity index (χ3n) is 3.53. The van der Waals surface area contributed by atoms with Crippen LogP contribution in [0.1, 0.15) is 46.2 Å². The van der Waals surface area contributed by atoms with Crippen molar-refractivity contribution in [2.45, 2.75) is 46.2 Å². The summed E-state index contributed by atoms with van der Waals surface area (Å²) in [5, 5.41) is 2.75. The van der Waals surface area contributed by atoms with Gasteiger partial charge in [0.2, 0.25) is 0 Å². The van der Waals surface area contributed by atoms with E-state index in [4.69, 9.17) is 4.74 Å². The molecule has 0 fully saturated rings. The van der Waals surface area contributed by atoms with E-state index < -0.39 is 11.8 Å². The Bertz CT molecular complexity index is 518. The molecular formula is C17H26N2O3. The highest BCUT2D eigenvalue weighted by atomic mass is 16.5. The van der Waals surface area contributed by atoms with Crippen LogP contribution < -0.4 is 10.1 Å². The summed E-state index contributed by atoms with van der Waals surface area (Å²) in [6.45, 7) is 9.94. The molecule has 122 valence electrons. The number of amides is 2. The number of likely N-dealkylation sites (N-methyl/N-ethyl adjacent to an activating group) is 1. The zero-order valence-corrected chi connectivity index (χ0v) is 14.3. The lowest BCUT2D eigenvalue weighted by Gasteiger charge is -2.34. The molecule has 0 aliphatic carbocycles. The van der Waals surface area contributed by atoms with Gasteiger partial charge in [-0.1, -0.05) is 12.1 Å². The average molecular weight is 306 g/mol. The van der Waals surface area contributed by atoms with Crippen LogP contribution in [0.15, 0.2) is 24.3 Å². The van der Waals surface area contributed by atoms with Gasteiger partial charge in [-0.05, 0) is 52.3 Å². The maximum Gasteiger partial charge on any atom is 0.312 e. The number of nitrogens with zero attached hydrogens (tertiary/aromatic N) is 1. The standard InChI is InChI=1S/C17H26N2O3/c1-7-19(17(3,4)5)16(21)15(20)18-12(2)13-8-10-14(22-6)11-9-13/h8-12H,7H2,1-6H3,(H,18,20). The van der Waals surface area contributed by atoms with Crippen LogP contribution in [0.2, 0.25) is 0 Å². The minimum atomic E-state index is -0.583. The van der Waals surface area contributed by atoms with Gasteiger partial charge in [0.15, 0.2) is 0 Å². The van der Waals surface area contributed by atoms with Crippen LogP contribution in [-0.2, 0) is 9.59 Å². The molecule has 0 aliphatic heterocycles. The summed E-state index contributed by atoms with van der Waals surface area (Å²) < 4.78 is 5.10. The Balaban J connectivity index is 2.76. The molecule has 1 rings (SSSR count). The highest BCUT2D eigenvalue weighted by molar-refractivity contribution is 6.35. The molecule has 1 aromatic carbocycles. The van der Waals surface area contributed by atoms with E-state index in [-0.39, 0.29) is 11.6 Å². The van der Waals surface area contributed by atoms with Gasteiger partial charge >= 0.3 is 11.8 Å². The quantitative estimate of drug-likeness (QED) is 0.870. The Morgan fingerprint density at radius 2 is 1.77 bits per heavy atom. The minimum absolute atomic E-state index is 0.249. The Labute approximate surface area is 132 Å². The van der Waals surface area contributed by atoms with Crippen LogP contribution in [0, 0.1) is 0 Å². The van der Waals surface area contributed by atoms with Crippen LogP contribution >= 0.6 is 0 Å². The van der Waals surface area contributed by atoms with Crippen molar-refractivity contribution in [3.05, 3.63) is 29.8 Å². The summed E-state index contributed by atoms with van der Waals surface area (Å²) in [4.78, 5) is 26.0. The van der Waals surface area contributed by atoms with Gasteiger partial charge in [0.1, 0.15) is 5.75 Å². The minimum Gasteiger partial charge on any atom is -0.497 e. The summed E-state index contributed by atoms with van der Waals surface area (Å²) in [6, 6.07) is 7.15. The van der Waals surface area contributed by atoms with Crippen molar-refractivity contribution in [1.82, 2.24) is 10.2 Å². The first-order valence-corrected chi connectivity index (χ1v) is 7.47. The van der Waals surface area contributed by atoms with Gasteiger partial charge in [0.05, 0.1) is 13.2 Å². The van der Waals surface area contributed by atoms with Gasteiger partial charge in [-0.2, -0.15) is 0 Å². The molecule has 0 radical (unpaired) electrons. The lowest BCUT2D eigenvalue weighted by Crippen LogP contribution is -2.51. The Kier molecular flexibility index (Phi) is 5.97. The van der Waals surface area contributed by atoms with Crippen LogP contribution in [0.5, 0.6) is 5.75 Å². The number of ether oxygens (including phenoxy) is 1. The molecule has 1 unspecified atom stereocenters. The summed E-state index contributed by atoms with van der Waals surface area (Å²) in [5.74, 6) is -0.335. The Morgan fingerprint density at radius 1 is 1.23 bits per heavy atom. The average Bonchev–Trinajstić information content (AvgIpc) is 2.46. The fraction of sp³-hybridized carbons (Fsp3) is 0.529. The lowest BCUT2D eigenvalue weighted by molar-refractivity contribution is -0.149. The van der Waals surface area contributed by atoms with Crippen molar-refractivity contribution in [2.24, 2.45) is 0 Å². The van der Waals surface area contributed by atoms with Crippen molar-refractivity contribution in [2.75, 3.05) is 13.7 Å². The van der Waals surface area contributed by atoms with E-state index in [1.807, 2.05) is 58.9 Å². The number of carbonyl (C=O) groups is 2. The zero-order chi connectivity index (χ0) is 16.9. The number of hydrogen-bond acceptors (Lipinski definition) is 3. The molecule has 0 saturated heterocycles. The number of carbonyl (C=O) groups excluding carboxylic acids is 2. The molecule has 0 aromatic heterocycles. The normalized spacial score (nSPS) is 12.5. The molecule has 5 nitrogen and oxygen atoms in total. The molecule has 2 amide bonds. The van der Waals surface area contributed by atoms with E-state index in [2.05, 4.69) is 5.32 Å². The smallest absolute Gasteiger partial charge is 0.312 e. The van der Waals surface area contributed by atoms with Crippen LogP contribution in [0.4, 0.5) is 0 Å². The van der Waals surface area contributed by atoms with Crippen LogP contribution in [-0.4, -0.2) is 35.9 Å². The molecule has 0 bridgehead atoms. The molecule has 1 atom stereocenters. The first-order chi connectivity index (χ1) is 10.2. The van der Waals surface area contributed by atoms with Gasteiger partial charge in [-0.3, -0.25) is 9.59 Å². The first kappa shape index (κ1) is 18.0. The van der Waals surface area contributed by atoms with E-state index in [0.29, 0.717) is 6.54 Å². The molecule has 0 spiro atoms. The maximum absolute atomic E-state index is 12.3. The van der Waals surface area contributed by atoms with Gasteiger partial charge in [0.25, 0.3) is 0 Å². The largest absolute Gasteiger partial charge is 0.497 e. The monoisotopic (exact) mass is 306 g/mol. The fourth-order valence-electron chi connectivity index (χ4n) is 2.28. The fourth-order valence-corrected chi connectivity index (χ4v) is 2.28. The Hall–Kier alpha value is -2.04. The molecule has 1 N–H and O–H groups in total. The number of nitrogens with one attached hydrogen (secondary N) is 1. The van der Waals surface area contributed by atoms with Crippen molar-refractivity contribution < 1.29 is 14.3 Å². The second-order valence-electron chi connectivity index (χ2n) is 6.19. The molecule has 0 heterocycles.